The molecule has 0 unspecified atom stereocenters. The van der Waals surface area contributed by atoms with Gasteiger partial charge in [-0.3, -0.25) is 9.89 Å². The van der Waals surface area contributed by atoms with Crippen molar-refractivity contribution in [1.82, 2.24) is 25.4 Å². The number of carbonyl (C=O) groups is 1. The number of rotatable bonds is 2. The summed E-state index contributed by atoms with van der Waals surface area (Å²) in [6, 6.07) is 8.74. The Morgan fingerprint density at radius 3 is 2.50 bits per heavy atom. The van der Waals surface area contributed by atoms with Gasteiger partial charge in [0, 0.05) is 18.7 Å². The van der Waals surface area contributed by atoms with Gasteiger partial charge in [0.1, 0.15) is 5.75 Å². The van der Waals surface area contributed by atoms with Gasteiger partial charge < -0.3 is 15.3 Å². The van der Waals surface area contributed by atoms with Gasteiger partial charge in [0.2, 0.25) is 0 Å². The number of phenols is 1. The number of H-pyrrole nitrogens is 1. The second-order valence-electron chi connectivity index (χ2n) is 8.68. The van der Waals surface area contributed by atoms with Crippen molar-refractivity contribution in [1.29, 1.82) is 0 Å². The van der Waals surface area contributed by atoms with E-state index in [1.165, 1.54) is 12.8 Å². The number of piperidine rings is 2. The average Bonchev–Trinajstić information content (AvgIpc) is 3.15. The number of nitrogens with one attached hydrogen (secondary N) is 2. The predicted octanol–water partition coefficient (Wildman–Crippen LogP) is 3.24. The standard InChI is InChI=1S/C23H27N5O2/c1-15-20-18(22(30)28-12-8-23(9-13-28)6-10-24-11-7-23)14-19(25-21(20)27-26-15)16-2-4-17(29)5-3-16/h2-5,14,24,29H,6-13H2,1H3,(H,25,26,27). The number of likely N-dealkylation sites (tertiary alicyclic amines) is 1. The number of aromatic nitrogens is 3. The number of aryl methyl sites for hydroxylation is 1. The van der Waals surface area contributed by atoms with E-state index in [2.05, 4.69) is 20.5 Å². The number of aromatic amines is 1. The summed E-state index contributed by atoms with van der Waals surface area (Å²) in [4.78, 5) is 20.2. The fraction of sp³-hybridized carbons (Fsp3) is 0.435. The second-order valence-corrected chi connectivity index (χ2v) is 8.68. The van der Waals surface area contributed by atoms with Crippen molar-refractivity contribution in [2.75, 3.05) is 26.2 Å². The van der Waals surface area contributed by atoms with Crippen LogP contribution in [-0.4, -0.2) is 57.3 Å². The Hall–Kier alpha value is -2.93. The van der Waals surface area contributed by atoms with Gasteiger partial charge in [-0.2, -0.15) is 5.10 Å². The SMILES string of the molecule is Cc1n[nH]c2nc(-c3ccc(O)cc3)cc(C(=O)N3CCC4(CCNCC4)CC3)c12. The number of fused-ring (bicyclic) bond motifs is 1. The molecule has 1 spiro atoms. The van der Waals surface area contributed by atoms with E-state index in [1.807, 2.05) is 30.0 Å². The second kappa shape index (κ2) is 7.40. The molecule has 2 fully saturated rings. The number of pyridine rings is 1. The molecule has 5 rings (SSSR count). The molecular weight excluding hydrogens is 378 g/mol. The highest BCUT2D eigenvalue weighted by atomic mass is 16.3. The quantitative estimate of drug-likeness (QED) is 0.608. The first kappa shape index (κ1) is 19.1. The van der Waals surface area contributed by atoms with Crippen LogP contribution >= 0.6 is 0 Å². The van der Waals surface area contributed by atoms with Crippen molar-refractivity contribution in [3.05, 3.63) is 41.6 Å². The van der Waals surface area contributed by atoms with Crippen LogP contribution in [0.4, 0.5) is 0 Å². The topological polar surface area (TPSA) is 94.1 Å². The number of hydrogen-bond acceptors (Lipinski definition) is 5. The van der Waals surface area contributed by atoms with Crippen LogP contribution in [0.1, 0.15) is 41.7 Å². The van der Waals surface area contributed by atoms with Gasteiger partial charge in [0.15, 0.2) is 5.65 Å². The summed E-state index contributed by atoms with van der Waals surface area (Å²) >= 11 is 0. The number of phenolic OH excluding ortho intramolecular Hbond substituents is 1. The van der Waals surface area contributed by atoms with Crippen molar-refractivity contribution in [2.45, 2.75) is 32.6 Å². The van der Waals surface area contributed by atoms with E-state index in [-0.39, 0.29) is 11.7 Å². The van der Waals surface area contributed by atoms with Crippen molar-refractivity contribution in [3.63, 3.8) is 0 Å². The highest BCUT2D eigenvalue weighted by Crippen LogP contribution is 2.40. The number of amides is 1. The van der Waals surface area contributed by atoms with Crippen LogP contribution in [-0.2, 0) is 0 Å². The number of aromatic hydroxyl groups is 1. The Morgan fingerprint density at radius 2 is 1.80 bits per heavy atom. The van der Waals surface area contributed by atoms with E-state index in [9.17, 15) is 9.90 Å². The Morgan fingerprint density at radius 1 is 1.10 bits per heavy atom. The molecule has 3 aromatic rings. The highest BCUT2D eigenvalue weighted by molar-refractivity contribution is 6.07. The number of nitrogens with zero attached hydrogens (tertiary/aromatic N) is 3. The van der Waals surface area contributed by atoms with Gasteiger partial charge in [-0.25, -0.2) is 4.98 Å². The Bertz CT molecular complexity index is 1070. The van der Waals surface area contributed by atoms with Crippen molar-refractivity contribution < 1.29 is 9.90 Å². The van der Waals surface area contributed by atoms with E-state index in [1.54, 1.807) is 12.1 Å². The van der Waals surface area contributed by atoms with Crippen LogP contribution in [0.3, 0.4) is 0 Å². The maximum absolute atomic E-state index is 13.6. The van der Waals surface area contributed by atoms with E-state index < -0.39 is 0 Å². The van der Waals surface area contributed by atoms with Gasteiger partial charge >= 0.3 is 0 Å². The van der Waals surface area contributed by atoms with E-state index >= 15 is 0 Å². The van der Waals surface area contributed by atoms with Crippen LogP contribution in [0.25, 0.3) is 22.3 Å². The highest BCUT2D eigenvalue weighted by Gasteiger charge is 2.37. The molecule has 2 aliphatic heterocycles. The molecule has 2 saturated heterocycles. The maximum Gasteiger partial charge on any atom is 0.254 e. The molecule has 3 N–H and O–H groups in total. The summed E-state index contributed by atoms with van der Waals surface area (Å²) in [6.45, 7) is 5.67. The normalized spacial score (nSPS) is 18.8. The maximum atomic E-state index is 13.6. The number of hydrogen-bond donors (Lipinski definition) is 3. The van der Waals surface area contributed by atoms with Gasteiger partial charge in [0.05, 0.1) is 22.3 Å². The van der Waals surface area contributed by atoms with Crippen LogP contribution in [0, 0.1) is 12.3 Å². The number of carbonyl (C=O) groups excluding carboxylic acids is 1. The Labute approximate surface area is 175 Å². The smallest absolute Gasteiger partial charge is 0.254 e. The molecule has 2 aliphatic rings. The van der Waals surface area contributed by atoms with Crippen LogP contribution in [0.5, 0.6) is 5.75 Å². The van der Waals surface area contributed by atoms with Gasteiger partial charge in [0.25, 0.3) is 5.91 Å². The Kier molecular flexibility index (Phi) is 4.70. The zero-order valence-electron chi connectivity index (χ0n) is 17.2. The van der Waals surface area contributed by atoms with Gasteiger partial charge in [-0.15, -0.1) is 0 Å². The monoisotopic (exact) mass is 405 g/mol. The molecule has 4 heterocycles. The number of benzene rings is 1. The summed E-state index contributed by atoms with van der Waals surface area (Å²) in [5.74, 6) is 0.254. The minimum absolute atomic E-state index is 0.0516. The zero-order chi connectivity index (χ0) is 20.7. The lowest BCUT2D eigenvalue weighted by Gasteiger charge is -2.44. The summed E-state index contributed by atoms with van der Waals surface area (Å²) in [5.41, 5.74) is 4.00. The molecular formula is C23H27N5O2. The largest absolute Gasteiger partial charge is 0.508 e. The molecule has 0 bridgehead atoms. The average molecular weight is 406 g/mol. The minimum Gasteiger partial charge on any atom is -0.508 e. The third kappa shape index (κ3) is 3.33. The molecule has 0 radical (unpaired) electrons. The minimum atomic E-state index is 0.0516. The lowest BCUT2D eigenvalue weighted by atomic mass is 9.71. The summed E-state index contributed by atoms with van der Waals surface area (Å²) in [5, 5.41) is 21.1. The van der Waals surface area contributed by atoms with E-state index in [4.69, 9.17) is 0 Å². The van der Waals surface area contributed by atoms with Crippen LogP contribution in [0.2, 0.25) is 0 Å². The first-order valence-electron chi connectivity index (χ1n) is 10.7. The first-order chi connectivity index (χ1) is 14.5. The first-order valence-corrected chi connectivity index (χ1v) is 10.7. The third-order valence-electron chi connectivity index (χ3n) is 6.88. The fourth-order valence-electron chi connectivity index (χ4n) is 4.95. The van der Waals surface area contributed by atoms with Crippen molar-refractivity contribution in [2.24, 2.45) is 5.41 Å². The van der Waals surface area contributed by atoms with Gasteiger partial charge in [-0.1, -0.05) is 0 Å². The molecule has 7 heteroatoms. The molecule has 30 heavy (non-hydrogen) atoms. The Balaban J connectivity index is 1.47. The molecule has 1 aromatic carbocycles. The lowest BCUT2D eigenvalue weighted by Crippen LogP contribution is -2.47. The van der Waals surface area contributed by atoms with Gasteiger partial charge in [-0.05, 0) is 81.4 Å². The summed E-state index contributed by atoms with van der Waals surface area (Å²) in [7, 11) is 0. The molecule has 2 aromatic heterocycles. The van der Waals surface area contributed by atoms with Crippen LogP contribution in [0.15, 0.2) is 30.3 Å². The lowest BCUT2D eigenvalue weighted by molar-refractivity contribution is 0.0497. The van der Waals surface area contributed by atoms with Crippen LogP contribution < -0.4 is 5.32 Å². The third-order valence-corrected chi connectivity index (χ3v) is 6.88. The van der Waals surface area contributed by atoms with Crippen molar-refractivity contribution in [3.8, 4) is 17.0 Å². The molecule has 0 saturated carbocycles. The summed E-state index contributed by atoms with van der Waals surface area (Å²) < 4.78 is 0. The predicted molar refractivity (Wildman–Crippen MR) is 115 cm³/mol. The fourth-order valence-corrected chi connectivity index (χ4v) is 4.95. The summed E-state index contributed by atoms with van der Waals surface area (Å²) in [6.07, 6.45) is 4.56. The molecule has 7 nitrogen and oxygen atoms in total. The molecule has 156 valence electrons. The molecule has 0 aliphatic carbocycles. The molecule has 1 amide bonds. The van der Waals surface area contributed by atoms with E-state index in [0.29, 0.717) is 22.3 Å². The van der Waals surface area contributed by atoms with E-state index in [0.717, 1.165) is 55.7 Å². The van der Waals surface area contributed by atoms with Crippen molar-refractivity contribution >= 4 is 16.9 Å². The zero-order valence-corrected chi connectivity index (χ0v) is 17.2. The molecule has 0 atom stereocenters.